The summed E-state index contributed by atoms with van der Waals surface area (Å²) in [5, 5.41) is 12.9. The van der Waals surface area contributed by atoms with E-state index < -0.39 is 0 Å². The van der Waals surface area contributed by atoms with E-state index in [1.807, 2.05) is 54.6 Å². The highest BCUT2D eigenvalue weighted by atomic mass is 16.1. The largest absolute Gasteiger partial charge is 0.348 e. The molecule has 0 aliphatic heterocycles. The predicted molar refractivity (Wildman–Crippen MR) is 85.1 cm³/mol. The number of H-pyrrole nitrogens is 1. The van der Waals surface area contributed by atoms with Crippen LogP contribution in [0.25, 0.3) is 21.9 Å². The summed E-state index contributed by atoms with van der Waals surface area (Å²) >= 11 is 0. The molecule has 2 aromatic carbocycles. The maximum atomic E-state index is 12.4. The molecule has 0 atom stereocenters. The fourth-order valence-corrected chi connectivity index (χ4v) is 2.35. The molecule has 0 bridgehead atoms. The van der Waals surface area contributed by atoms with Crippen LogP contribution in [0.2, 0.25) is 0 Å². The molecule has 0 aliphatic carbocycles. The van der Waals surface area contributed by atoms with Gasteiger partial charge in [-0.3, -0.25) is 4.79 Å². The Labute approximate surface area is 124 Å². The van der Waals surface area contributed by atoms with E-state index in [-0.39, 0.29) is 5.56 Å². The highest BCUT2D eigenvalue weighted by Crippen LogP contribution is 2.19. The summed E-state index contributed by atoms with van der Waals surface area (Å²) in [7, 11) is 0. The first-order chi connectivity index (χ1) is 10.8. The van der Waals surface area contributed by atoms with Crippen molar-refractivity contribution < 1.29 is 0 Å². The molecular formula is C16H11N5O. The van der Waals surface area contributed by atoms with Crippen molar-refractivity contribution in [2.45, 2.75) is 0 Å². The molecule has 0 saturated heterocycles. The Kier molecular flexibility index (Phi) is 2.79. The van der Waals surface area contributed by atoms with Gasteiger partial charge in [0.05, 0.1) is 6.21 Å². The lowest BCUT2D eigenvalue weighted by molar-refractivity contribution is 0.640. The molecule has 6 heteroatoms. The normalized spacial score (nSPS) is 11.6. The van der Waals surface area contributed by atoms with Gasteiger partial charge in [-0.1, -0.05) is 53.3 Å². The zero-order valence-corrected chi connectivity index (χ0v) is 11.5. The SMILES string of the molecule is O=c1c2[nH]c3ccccc3c2nnn1/N=C/c1ccccc1. The van der Waals surface area contributed by atoms with Crippen LogP contribution in [0.5, 0.6) is 0 Å². The molecule has 2 aromatic heterocycles. The number of rotatable bonds is 2. The molecule has 0 saturated carbocycles. The number of nitrogens with one attached hydrogen (secondary N) is 1. The van der Waals surface area contributed by atoms with Crippen molar-refractivity contribution in [1.82, 2.24) is 20.1 Å². The van der Waals surface area contributed by atoms with E-state index in [0.717, 1.165) is 21.3 Å². The topological polar surface area (TPSA) is 75.9 Å². The molecule has 0 unspecified atom stereocenters. The quantitative estimate of drug-likeness (QED) is 0.574. The highest BCUT2D eigenvalue weighted by Gasteiger charge is 2.10. The second kappa shape index (κ2) is 4.92. The van der Waals surface area contributed by atoms with Crippen LogP contribution in [0.15, 0.2) is 64.5 Å². The van der Waals surface area contributed by atoms with Crippen LogP contribution in [0.3, 0.4) is 0 Å². The van der Waals surface area contributed by atoms with E-state index >= 15 is 0 Å². The maximum Gasteiger partial charge on any atom is 0.315 e. The molecule has 1 N–H and O–H groups in total. The fraction of sp³-hybridized carbons (Fsp3) is 0. The van der Waals surface area contributed by atoms with Gasteiger partial charge in [0.25, 0.3) is 0 Å². The minimum atomic E-state index is -0.326. The molecule has 4 rings (SSSR count). The highest BCUT2D eigenvalue weighted by molar-refractivity contribution is 6.04. The third-order valence-corrected chi connectivity index (χ3v) is 3.42. The Bertz CT molecular complexity index is 1050. The summed E-state index contributed by atoms with van der Waals surface area (Å²) < 4.78 is 0. The average Bonchev–Trinajstić information content (AvgIpc) is 2.95. The first-order valence-corrected chi connectivity index (χ1v) is 6.79. The summed E-state index contributed by atoms with van der Waals surface area (Å²) in [5.74, 6) is 0. The van der Waals surface area contributed by atoms with Gasteiger partial charge in [-0.25, -0.2) is 0 Å². The Hall–Kier alpha value is -3.28. The second-order valence-electron chi connectivity index (χ2n) is 4.83. The van der Waals surface area contributed by atoms with Crippen LogP contribution < -0.4 is 5.56 Å². The predicted octanol–water partition coefficient (Wildman–Crippen LogP) is 2.15. The van der Waals surface area contributed by atoms with E-state index in [4.69, 9.17) is 0 Å². The maximum absolute atomic E-state index is 12.4. The van der Waals surface area contributed by atoms with E-state index in [0.29, 0.717) is 11.0 Å². The van der Waals surface area contributed by atoms with Crippen molar-refractivity contribution >= 4 is 28.2 Å². The summed E-state index contributed by atoms with van der Waals surface area (Å²) in [6, 6.07) is 17.1. The Morgan fingerprint density at radius 2 is 1.82 bits per heavy atom. The van der Waals surface area contributed by atoms with Gasteiger partial charge in [-0.05, 0) is 16.8 Å². The van der Waals surface area contributed by atoms with Crippen molar-refractivity contribution in [3.8, 4) is 0 Å². The standard InChI is InChI=1S/C16H11N5O/c22-16-15-14(12-8-4-5-9-13(12)18-15)19-20-21(16)17-10-11-6-2-1-3-7-11/h1-10,18H/b17-10+. The zero-order chi connectivity index (χ0) is 14.9. The smallest absolute Gasteiger partial charge is 0.315 e. The number of nitrogens with zero attached hydrogens (tertiary/aromatic N) is 4. The molecule has 4 aromatic rings. The van der Waals surface area contributed by atoms with Gasteiger partial charge in [0.15, 0.2) is 0 Å². The molecule has 0 aliphatic rings. The molecule has 0 fully saturated rings. The van der Waals surface area contributed by atoms with Crippen LogP contribution in [-0.2, 0) is 0 Å². The van der Waals surface area contributed by atoms with Gasteiger partial charge in [-0.2, -0.15) is 5.10 Å². The zero-order valence-electron chi connectivity index (χ0n) is 11.5. The Morgan fingerprint density at radius 3 is 2.68 bits per heavy atom. The van der Waals surface area contributed by atoms with Crippen molar-refractivity contribution in [3.63, 3.8) is 0 Å². The number of hydrogen-bond donors (Lipinski definition) is 1. The van der Waals surface area contributed by atoms with Crippen molar-refractivity contribution in [2.75, 3.05) is 0 Å². The van der Waals surface area contributed by atoms with Crippen LogP contribution in [-0.4, -0.2) is 26.3 Å². The third kappa shape index (κ3) is 1.98. The van der Waals surface area contributed by atoms with Gasteiger partial charge in [0, 0.05) is 10.9 Å². The summed E-state index contributed by atoms with van der Waals surface area (Å²) in [6.07, 6.45) is 1.57. The Balaban J connectivity index is 1.86. The minimum Gasteiger partial charge on any atom is -0.348 e. The van der Waals surface area contributed by atoms with Gasteiger partial charge in [0.1, 0.15) is 11.0 Å². The van der Waals surface area contributed by atoms with Crippen LogP contribution in [0.4, 0.5) is 0 Å². The van der Waals surface area contributed by atoms with Gasteiger partial charge >= 0.3 is 5.56 Å². The first kappa shape index (κ1) is 12.5. The van der Waals surface area contributed by atoms with Gasteiger partial charge in [-0.15, -0.1) is 5.10 Å². The molecule has 22 heavy (non-hydrogen) atoms. The third-order valence-electron chi connectivity index (χ3n) is 3.42. The van der Waals surface area contributed by atoms with E-state index in [1.165, 1.54) is 0 Å². The lowest BCUT2D eigenvalue weighted by atomic mass is 10.2. The minimum absolute atomic E-state index is 0.326. The number of aromatic amines is 1. The van der Waals surface area contributed by atoms with E-state index in [1.54, 1.807) is 6.21 Å². The van der Waals surface area contributed by atoms with Gasteiger partial charge < -0.3 is 4.98 Å². The van der Waals surface area contributed by atoms with Crippen molar-refractivity contribution in [2.24, 2.45) is 5.10 Å². The number of fused-ring (bicyclic) bond motifs is 3. The number of para-hydroxylation sites is 1. The Morgan fingerprint density at radius 1 is 1.05 bits per heavy atom. The average molecular weight is 289 g/mol. The van der Waals surface area contributed by atoms with E-state index in [9.17, 15) is 4.79 Å². The molecule has 106 valence electrons. The second-order valence-corrected chi connectivity index (χ2v) is 4.83. The molecule has 0 radical (unpaired) electrons. The van der Waals surface area contributed by atoms with Crippen LogP contribution in [0.1, 0.15) is 5.56 Å². The van der Waals surface area contributed by atoms with E-state index in [2.05, 4.69) is 20.4 Å². The lowest BCUT2D eigenvalue weighted by Crippen LogP contribution is -2.20. The molecular weight excluding hydrogens is 278 g/mol. The number of aromatic nitrogens is 4. The van der Waals surface area contributed by atoms with Crippen molar-refractivity contribution in [1.29, 1.82) is 0 Å². The molecule has 0 amide bonds. The number of hydrogen-bond acceptors (Lipinski definition) is 4. The summed E-state index contributed by atoms with van der Waals surface area (Å²) in [6.45, 7) is 0. The number of benzene rings is 2. The monoisotopic (exact) mass is 289 g/mol. The first-order valence-electron chi connectivity index (χ1n) is 6.79. The summed E-state index contributed by atoms with van der Waals surface area (Å²) in [4.78, 5) is 16.5. The molecule has 2 heterocycles. The fourth-order valence-electron chi connectivity index (χ4n) is 2.35. The van der Waals surface area contributed by atoms with Crippen LogP contribution in [0, 0.1) is 0 Å². The van der Waals surface area contributed by atoms with Gasteiger partial charge in [0.2, 0.25) is 0 Å². The molecule has 0 spiro atoms. The molecule has 6 nitrogen and oxygen atoms in total. The van der Waals surface area contributed by atoms with Crippen LogP contribution >= 0.6 is 0 Å². The summed E-state index contributed by atoms with van der Waals surface area (Å²) in [5.41, 5.74) is 2.38. The van der Waals surface area contributed by atoms with Crippen molar-refractivity contribution in [3.05, 3.63) is 70.5 Å². The lowest BCUT2D eigenvalue weighted by Gasteiger charge is -1.95.